The number of benzene rings is 1. The van der Waals surface area contributed by atoms with E-state index in [9.17, 15) is 9.18 Å². The molecule has 6 nitrogen and oxygen atoms in total. The molecule has 0 aliphatic carbocycles. The molecule has 20 heavy (non-hydrogen) atoms. The minimum atomic E-state index is -0.702. The molecule has 0 unspecified atom stereocenters. The topological polar surface area (TPSA) is 101 Å². The van der Waals surface area contributed by atoms with Crippen LogP contribution in [0.2, 0.25) is 0 Å². The summed E-state index contributed by atoms with van der Waals surface area (Å²) in [6, 6.07) is 5.42. The first-order chi connectivity index (χ1) is 9.52. The summed E-state index contributed by atoms with van der Waals surface area (Å²) in [6.07, 6.45) is 1.38. The summed E-state index contributed by atoms with van der Waals surface area (Å²) < 4.78 is 18.8. The predicted molar refractivity (Wildman–Crippen MR) is 70.3 cm³/mol. The van der Waals surface area contributed by atoms with Gasteiger partial charge in [0.1, 0.15) is 5.82 Å². The normalized spacial score (nSPS) is 11.4. The van der Waals surface area contributed by atoms with Crippen LogP contribution in [0.25, 0.3) is 0 Å². The van der Waals surface area contributed by atoms with Gasteiger partial charge in [0.25, 0.3) is 5.91 Å². The molecule has 4 N–H and O–H groups in total. The summed E-state index contributed by atoms with van der Waals surface area (Å²) in [4.78, 5) is 11.9. The van der Waals surface area contributed by atoms with Gasteiger partial charge < -0.3 is 20.7 Å². The molecule has 0 saturated heterocycles. The third kappa shape index (κ3) is 2.61. The van der Waals surface area contributed by atoms with Crippen LogP contribution in [-0.4, -0.2) is 17.0 Å². The summed E-state index contributed by atoms with van der Waals surface area (Å²) in [5.74, 6) is -1.36. The van der Waals surface area contributed by atoms with Crippen LogP contribution in [-0.2, 0) is 0 Å². The van der Waals surface area contributed by atoms with Gasteiger partial charge in [-0.2, -0.15) is 0 Å². The summed E-state index contributed by atoms with van der Waals surface area (Å²) in [5.41, 5.74) is 6.17. The van der Waals surface area contributed by atoms with Crippen LogP contribution < -0.4 is 11.1 Å². The highest BCUT2D eigenvalue weighted by molar-refractivity contribution is 6.03. The number of amides is 1. The van der Waals surface area contributed by atoms with Gasteiger partial charge in [-0.3, -0.25) is 4.79 Å². The molecule has 0 aliphatic heterocycles. The number of oxime groups is 1. The molecule has 0 fully saturated rings. The number of halogens is 1. The van der Waals surface area contributed by atoms with Crippen LogP contribution >= 0.6 is 0 Å². The van der Waals surface area contributed by atoms with Crippen molar-refractivity contribution in [1.82, 2.24) is 0 Å². The lowest BCUT2D eigenvalue weighted by Crippen LogP contribution is -2.16. The van der Waals surface area contributed by atoms with E-state index in [1.54, 1.807) is 13.0 Å². The van der Waals surface area contributed by atoms with Crippen molar-refractivity contribution in [1.29, 1.82) is 0 Å². The highest BCUT2D eigenvalue weighted by Crippen LogP contribution is 2.18. The summed E-state index contributed by atoms with van der Waals surface area (Å²) in [7, 11) is 0. The Labute approximate surface area is 113 Å². The zero-order valence-electron chi connectivity index (χ0n) is 10.6. The fourth-order valence-corrected chi connectivity index (χ4v) is 1.62. The number of carbonyl (C=O) groups excluding carboxylic acids is 1. The Hall–Kier alpha value is -2.83. The Morgan fingerprint density at radius 2 is 2.20 bits per heavy atom. The SMILES string of the molecule is Cc1ccoc1C(=O)Nc1ccc(/C(N)=N/O)cc1F. The first-order valence-corrected chi connectivity index (χ1v) is 5.66. The zero-order chi connectivity index (χ0) is 14.7. The van der Waals surface area contributed by atoms with Crippen LogP contribution in [0, 0.1) is 12.7 Å². The Balaban J connectivity index is 2.23. The lowest BCUT2D eigenvalue weighted by molar-refractivity contribution is 0.0995. The van der Waals surface area contributed by atoms with Crippen LogP contribution in [0.3, 0.4) is 0 Å². The van der Waals surface area contributed by atoms with E-state index in [2.05, 4.69) is 10.5 Å². The first-order valence-electron chi connectivity index (χ1n) is 5.66. The van der Waals surface area contributed by atoms with Gasteiger partial charge in [0, 0.05) is 11.1 Å². The molecule has 1 amide bonds. The maximum atomic E-state index is 13.8. The molecule has 0 saturated carbocycles. The fourth-order valence-electron chi connectivity index (χ4n) is 1.62. The molecule has 7 heteroatoms. The van der Waals surface area contributed by atoms with E-state index in [0.29, 0.717) is 5.56 Å². The van der Waals surface area contributed by atoms with Gasteiger partial charge in [-0.15, -0.1) is 0 Å². The summed E-state index contributed by atoms with van der Waals surface area (Å²) >= 11 is 0. The molecular formula is C13H12FN3O3. The molecule has 2 aromatic rings. The molecule has 1 heterocycles. The Morgan fingerprint density at radius 3 is 2.75 bits per heavy atom. The summed E-state index contributed by atoms with van der Waals surface area (Å²) in [6.45, 7) is 1.70. The number of carbonyl (C=O) groups is 1. The Morgan fingerprint density at radius 1 is 1.45 bits per heavy atom. The van der Waals surface area contributed by atoms with Crippen LogP contribution in [0.15, 0.2) is 40.1 Å². The zero-order valence-corrected chi connectivity index (χ0v) is 10.6. The van der Waals surface area contributed by atoms with Crippen molar-refractivity contribution in [3.05, 3.63) is 53.2 Å². The number of furan rings is 1. The molecule has 104 valence electrons. The second kappa shape index (κ2) is 5.43. The van der Waals surface area contributed by atoms with Crippen molar-refractivity contribution in [2.24, 2.45) is 10.9 Å². The maximum Gasteiger partial charge on any atom is 0.291 e. The standard InChI is InChI=1S/C13H12FN3O3/c1-7-4-5-20-11(7)13(18)16-10-3-2-8(6-9(10)14)12(15)17-19/h2-6,19H,1H3,(H2,15,17)(H,16,18). The van der Waals surface area contributed by atoms with Crippen molar-refractivity contribution >= 4 is 17.4 Å². The second-order valence-electron chi connectivity index (χ2n) is 4.07. The largest absolute Gasteiger partial charge is 0.459 e. The third-order valence-electron chi connectivity index (χ3n) is 2.69. The minimum absolute atomic E-state index is 0.0275. The third-order valence-corrected chi connectivity index (χ3v) is 2.69. The van der Waals surface area contributed by atoms with Crippen LogP contribution in [0.1, 0.15) is 21.7 Å². The van der Waals surface area contributed by atoms with Crippen molar-refractivity contribution in [3.63, 3.8) is 0 Å². The van der Waals surface area contributed by atoms with E-state index in [4.69, 9.17) is 15.4 Å². The van der Waals surface area contributed by atoms with Gasteiger partial charge >= 0.3 is 0 Å². The maximum absolute atomic E-state index is 13.8. The number of amidine groups is 1. The fraction of sp³-hybridized carbons (Fsp3) is 0.0769. The van der Waals surface area contributed by atoms with Gasteiger partial charge in [-0.25, -0.2) is 4.39 Å². The number of aryl methyl sites for hydroxylation is 1. The number of nitrogens with one attached hydrogen (secondary N) is 1. The van der Waals surface area contributed by atoms with Crippen molar-refractivity contribution < 1.29 is 18.8 Å². The van der Waals surface area contributed by atoms with E-state index >= 15 is 0 Å². The minimum Gasteiger partial charge on any atom is -0.459 e. The number of rotatable bonds is 3. The van der Waals surface area contributed by atoms with Crippen LogP contribution in [0.4, 0.5) is 10.1 Å². The highest BCUT2D eigenvalue weighted by atomic mass is 19.1. The second-order valence-corrected chi connectivity index (χ2v) is 4.07. The molecule has 2 rings (SSSR count). The van der Waals surface area contributed by atoms with Gasteiger partial charge in [0.2, 0.25) is 0 Å². The number of nitrogens with two attached hydrogens (primary N) is 1. The van der Waals surface area contributed by atoms with Crippen molar-refractivity contribution in [3.8, 4) is 0 Å². The monoisotopic (exact) mass is 277 g/mol. The highest BCUT2D eigenvalue weighted by Gasteiger charge is 2.15. The van der Waals surface area contributed by atoms with Gasteiger partial charge in [-0.1, -0.05) is 5.16 Å². The molecule has 0 atom stereocenters. The smallest absolute Gasteiger partial charge is 0.291 e. The predicted octanol–water partition coefficient (Wildman–Crippen LogP) is 2.07. The van der Waals surface area contributed by atoms with E-state index in [1.807, 2.05) is 0 Å². The van der Waals surface area contributed by atoms with Crippen molar-refractivity contribution in [2.75, 3.05) is 5.32 Å². The van der Waals surface area contributed by atoms with E-state index in [-0.39, 0.29) is 22.8 Å². The van der Waals surface area contributed by atoms with E-state index in [1.165, 1.54) is 18.4 Å². The number of hydrogen-bond acceptors (Lipinski definition) is 4. The number of nitrogens with zero attached hydrogens (tertiary/aromatic N) is 1. The Bertz CT molecular complexity index is 679. The average Bonchev–Trinajstić information content (AvgIpc) is 2.86. The quantitative estimate of drug-likeness (QED) is 0.346. The average molecular weight is 277 g/mol. The lowest BCUT2D eigenvalue weighted by atomic mass is 10.1. The first kappa shape index (κ1) is 13.6. The van der Waals surface area contributed by atoms with Crippen molar-refractivity contribution in [2.45, 2.75) is 6.92 Å². The van der Waals surface area contributed by atoms with E-state index in [0.717, 1.165) is 6.07 Å². The molecule has 0 radical (unpaired) electrons. The number of hydrogen-bond donors (Lipinski definition) is 3. The molecule has 1 aromatic carbocycles. The molecule has 1 aromatic heterocycles. The summed E-state index contributed by atoms with van der Waals surface area (Å²) in [5, 5.41) is 13.7. The number of anilines is 1. The van der Waals surface area contributed by atoms with Crippen LogP contribution in [0.5, 0.6) is 0 Å². The van der Waals surface area contributed by atoms with Gasteiger partial charge in [0.05, 0.1) is 12.0 Å². The molecule has 0 bridgehead atoms. The molecule has 0 aliphatic rings. The Kier molecular flexibility index (Phi) is 3.69. The lowest BCUT2D eigenvalue weighted by Gasteiger charge is -2.07. The molecule has 0 spiro atoms. The van der Waals surface area contributed by atoms with Gasteiger partial charge in [0.15, 0.2) is 11.6 Å². The van der Waals surface area contributed by atoms with E-state index < -0.39 is 11.7 Å². The molecular weight excluding hydrogens is 265 g/mol. The van der Waals surface area contributed by atoms with Gasteiger partial charge in [-0.05, 0) is 31.2 Å².